The molecule has 0 saturated carbocycles. The molecule has 0 unspecified atom stereocenters. The number of allylic oxidation sites excluding steroid dienone is 1. The molecule has 2 nitrogen and oxygen atoms in total. The van der Waals surface area contributed by atoms with E-state index in [0.717, 1.165) is 0 Å². The van der Waals surface area contributed by atoms with Crippen LogP contribution in [-0.4, -0.2) is 17.9 Å². The molecular formula is C9H15F2NO. The summed E-state index contributed by atoms with van der Waals surface area (Å²) in [5.74, 6) is -0.451. The van der Waals surface area contributed by atoms with E-state index in [2.05, 4.69) is 5.32 Å². The van der Waals surface area contributed by atoms with E-state index in [9.17, 15) is 13.6 Å². The van der Waals surface area contributed by atoms with Gasteiger partial charge in [0.2, 0.25) is 5.91 Å². The molecule has 0 heterocycles. The minimum Gasteiger partial charge on any atom is -0.342 e. The molecule has 0 aromatic rings. The van der Waals surface area contributed by atoms with Gasteiger partial charge in [0.1, 0.15) is 0 Å². The highest BCUT2D eigenvalue weighted by atomic mass is 19.3. The number of hydrogen-bond acceptors (Lipinski definition) is 1. The van der Waals surface area contributed by atoms with Gasteiger partial charge in [-0.1, -0.05) is 6.08 Å². The maximum absolute atomic E-state index is 12.3. The molecule has 0 atom stereocenters. The lowest BCUT2D eigenvalue weighted by atomic mass is 10.1. The first-order valence-electron chi connectivity index (χ1n) is 4.05. The van der Waals surface area contributed by atoms with Gasteiger partial charge in [-0.2, -0.15) is 0 Å². The molecule has 1 N–H and O–H groups in total. The minimum atomic E-state index is -2.57. The van der Waals surface area contributed by atoms with Crippen molar-refractivity contribution >= 4 is 5.91 Å². The van der Waals surface area contributed by atoms with Crippen LogP contribution in [0.1, 0.15) is 27.7 Å². The Bertz CT molecular complexity index is 222. The topological polar surface area (TPSA) is 29.1 Å². The SMILES string of the molecule is C/C=C(/C)C(=O)NC(C)(C)C(F)F. The summed E-state index contributed by atoms with van der Waals surface area (Å²) in [4.78, 5) is 11.2. The van der Waals surface area contributed by atoms with Gasteiger partial charge in [0, 0.05) is 5.57 Å². The van der Waals surface area contributed by atoms with Crippen LogP contribution in [0.25, 0.3) is 0 Å². The fraction of sp³-hybridized carbons (Fsp3) is 0.667. The summed E-state index contributed by atoms with van der Waals surface area (Å²) in [5, 5.41) is 2.25. The summed E-state index contributed by atoms with van der Waals surface area (Å²) in [6.07, 6.45) is -0.988. The van der Waals surface area contributed by atoms with Crippen LogP contribution in [0.15, 0.2) is 11.6 Å². The van der Waals surface area contributed by atoms with Crippen LogP contribution in [0.3, 0.4) is 0 Å². The normalized spacial score (nSPS) is 13.3. The van der Waals surface area contributed by atoms with Crippen molar-refractivity contribution in [1.82, 2.24) is 5.32 Å². The van der Waals surface area contributed by atoms with Crippen molar-refractivity contribution in [3.63, 3.8) is 0 Å². The molecular weight excluding hydrogens is 176 g/mol. The zero-order valence-electron chi connectivity index (χ0n) is 8.32. The molecule has 0 aliphatic heterocycles. The fourth-order valence-electron chi connectivity index (χ4n) is 0.577. The maximum Gasteiger partial charge on any atom is 0.260 e. The second kappa shape index (κ2) is 4.35. The Balaban J connectivity index is 4.37. The fourth-order valence-corrected chi connectivity index (χ4v) is 0.577. The molecule has 1 amide bonds. The summed E-state index contributed by atoms with van der Waals surface area (Å²) in [6, 6.07) is 0. The minimum absolute atomic E-state index is 0.439. The Kier molecular flexibility index (Phi) is 4.04. The third-order valence-electron chi connectivity index (χ3n) is 1.77. The number of nitrogens with one attached hydrogen (secondary N) is 1. The van der Waals surface area contributed by atoms with Crippen LogP contribution < -0.4 is 5.32 Å². The second-order valence-corrected chi connectivity index (χ2v) is 3.45. The van der Waals surface area contributed by atoms with Gasteiger partial charge in [0.05, 0.1) is 5.54 Å². The van der Waals surface area contributed by atoms with Crippen molar-refractivity contribution in [1.29, 1.82) is 0 Å². The van der Waals surface area contributed by atoms with E-state index in [1.807, 2.05) is 0 Å². The number of hydrogen-bond donors (Lipinski definition) is 1. The highest BCUT2D eigenvalue weighted by molar-refractivity contribution is 5.93. The van der Waals surface area contributed by atoms with Gasteiger partial charge >= 0.3 is 0 Å². The number of carbonyl (C=O) groups excluding carboxylic acids is 1. The van der Waals surface area contributed by atoms with Gasteiger partial charge in [-0.3, -0.25) is 4.79 Å². The van der Waals surface area contributed by atoms with Crippen molar-refractivity contribution in [2.45, 2.75) is 39.7 Å². The third kappa shape index (κ3) is 3.53. The predicted octanol–water partition coefficient (Wildman–Crippen LogP) is 2.11. The van der Waals surface area contributed by atoms with Crippen LogP contribution >= 0.6 is 0 Å². The summed E-state index contributed by atoms with van der Waals surface area (Å²) in [5.41, 5.74) is -1.03. The lowest BCUT2D eigenvalue weighted by Gasteiger charge is -2.25. The molecule has 0 bridgehead atoms. The Morgan fingerprint density at radius 3 is 2.23 bits per heavy atom. The monoisotopic (exact) mass is 191 g/mol. The molecule has 0 rings (SSSR count). The van der Waals surface area contributed by atoms with Crippen molar-refractivity contribution < 1.29 is 13.6 Å². The zero-order valence-corrected chi connectivity index (χ0v) is 8.32. The Labute approximate surface area is 77.0 Å². The molecule has 0 fully saturated rings. The van der Waals surface area contributed by atoms with Gasteiger partial charge in [0.15, 0.2) is 0 Å². The van der Waals surface area contributed by atoms with Gasteiger partial charge in [-0.25, -0.2) is 8.78 Å². The third-order valence-corrected chi connectivity index (χ3v) is 1.77. The van der Waals surface area contributed by atoms with Crippen molar-refractivity contribution in [3.8, 4) is 0 Å². The standard InChI is InChI=1S/C9H15F2NO/c1-5-6(2)7(13)12-9(3,4)8(10)11/h5,8H,1-4H3,(H,12,13)/b6-5-. The van der Waals surface area contributed by atoms with Crippen molar-refractivity contribution in [3.05, 3.63) is 11.6 Å². The average molecular weight is 191 g/mol. The molecule has 0 aliphatic rings. The molecule has 0 aromatic heterocycles. The highest BCUT2D eigenvalue weighted by Crippen LogP contribution is 2.14. The van der Waals surface area contributed by atoms with Gasteiger partial charge in [0.25, 0.3) is 6.43 Å². The first kappa shape index (κ1) is 12.1. The van der Waals surface area contributed by atoms with Gasteiger partial charge in [-0.05, 0) is 27.7 Å². The smallest absolute Gasteiger partial charge is 0.260 e. The van der Waals surface area contributed by atoms with E-state index >= 15 is 0 Å². The van der Waals surface area contributed by atoms with Gasteiger partial charge in [-0.15, -0.1) is 0 Å². The lowest BCUT2D eigenvalue weighted by Crippen LogP contribution is -2.49. The highest BCUT2D eigenvalue weighted by Gasteiger charge is 2.31. The lowest BCUT2D eigenvalue weighted by molar-refractivity contribution is -0.121. The quantitative estimate of drug-likeness (QED) is 0.680. The molecule has 0 aromatic carbocycles. The summed E-state index contributed by atoms with van der Waals surface area (Å²) in [7, 11) is 0. The first-order chi connectivity index (χ1) is 5.81. The molecule has 0 saturated heterocycles. The van der Waals surface area contributed by atoms with E-state index < -0.39 is 17.9 Å². The van der Waals surface area contributed by atoms with E-state index in [1.54, 1.807) is 19.9 Å². The number of alkyl halides is 2. The second-order valence-electron chi connectivity index (χ2n) is 3.45. The van der Waals surface area contributed by atoms with Crippen LogP contribution in [0.4, 0.5) is 8.78 Å². The Morgan fingerprint density at radius 2 is 1.92 bits per heavy atom. The van der Waals surface area contributed by atoms with Gasteiger partial charge < -0.3 is 5.32 Å². The molecule has 0 spiro atoms. The number of carbonyl (C=O) groups is 1. The predicted molar refractivity (Wildman–Crippen MR) is 47.7 cm³/mol. The first-order valence-corrected chi connectivity index (χ1v) is 4.05. The molecule has 76 valence electrons. The molecule has 0 radical (unpaired) electrons. The van der Waals surface area contributed by atoms with Crippen LogP contribution in [0.5, 0.6) is 0 Å². The van der Waals surface area contributed by atoms with Crippen LogP contribution in [-0.2, 0) is 4.79 Å². The molecule has 13 heavy (non-hydrogen) atoms. The molecule has 0 aliphatic carbocycles. The number of rotatable bonds is 3. The summed E-state index contributed by atoms with van der Waals surface area (Å²) >= 11 is 0. The van der Waals surface area contributed by atoms with Crippen LogP contribution in [0.2, 0.25) is 0 Å². The zero-order chi connectivity index (χ0) is 10.6. The van der Waals surface area contributed by atoms with E-state index in [-0.39, 0.29) is 0 Å². The Hall–Kier alpha value is -0.930. The van der Waals surface area contributed by atoms with Crippen LogP contribution in [0, 0.1) is 0 Å². The van der Waals surface area contributed by atoms with E-state index in [4.69, 9.17) is 0 Å². The number of amides is 1. The van der Waals surface area contributed by atoms with E-state index in [0.29, 0.717) is 5.57 Å². The average Bonchev–Trinajstić information content (AvgIpc) is 2.01. The van der Waals surface area contributed by atoms with Crippen molar-refractivity contribution in [2.24, 2.45) is 0 Å². The summed E-state index contributed by atoms with van der Waals surface area (Å²) < 4.78 is 24.6. The Morgan fingerprint density at radius 1 is 1.46 bits per heavy atom. The summed E-state index contributed by atoms with van der Waals surface area (Å²) in [6.45, 7) is 5.85. The molecule has 4 heteroatoms. The maximum atomic E-state index is 12.3. The number of halogens is 2. The van der Waals surface area contributed by atoms with E-state index in [1.165, 1.54) is 13.8 Å². The van der Waals surface area contributed by atoms with Crippen molar-refractivity contribution in [2.75, 3.05) is 0 Å². The largest absolute Gasteiger partial charge is 0.342 e.